The second kappa shape index (κ2) is 7.45. The van der Waals surface area contributed by atoms with Gasteiger partial charge in [0, 0.05) is 16.3 Å². The predicted molar refractivity (Wildman–Crippen MR) is 70.2 cm³/mol. The Morgan fingerprint density at radius 3 is 1.90 bits per heavy atom. The minimum Gasteiger partial charge on any atom is -0.545 e. The number of carboxylic acid groups (broad SMARTS) is 1. The zero-order chi connectivity index (χ0) is 13.8. The molecule has 0 bridgehead atoms. The van der Waals surface area contributed by atoms with Gasteiger partial charge in [-0.3, -0.25) is 4.79 Å². The molecule has 0 aliphatic heterocycles. The van der Waals surface area contributed by atoms with Crippen LogP contribution in [0.1, 0.15) is 20.7 Å². The Kier molecular flexibility index (Phi) is 6.23. The van der Waals surface area contributed by atoms with Gasteiger partial charge in [0.15, 0.2) is 0 Å². The van der Waals surface area contributed by atoms with Gasteiger partial charge in [0.1, 0.15) is 0 Å². The fourth-order valence-electron chi connectivity index (χ4n) is 1.49. The van der Waals surface area contributed by atoms with Crippen LogP contribution in [0.3, 0.4) is 0 Å². The summed E-state index contributed by atoms with van der Waals surface area (Å²) < 4.78 is 0. The number of nitrogens with one attached hydrogen (secondary N) is 1. The van der Waals surface area contributed by atoms with E-state index in [1.807, 2.05) is 0 Å². The Morgan fingerprint density at radius 1 is 0.900 bits per heavy atom. The number of rotatable bonds is 3. The van der Waals surface area contributed by atoms with Crippen LogP contribution in [0.5, 0.6) is 0 Å². The van der Waals surface area contributed by atoms with Crippen molar-refractivity contribution in [3.8, 4) is 0 Å². The van der Waals surface area contributed by atoms with Crippen molar-refractivity contribution in [1.29, 1.82) is 0 Å². The monoisotopic (exact) mass is 297 g/mol. The fraction of sp³-hybridized carbons (Fsp3) is 0. The van der Waals surface area contributed by atoms with Gasteiger partial charge in [-0.25, -0.2) is 0 Å². The molecular formula is C14H9ClNNaO3. The third-order valence-corrected chi connectivity index (χ3v) is 2.74. The molecule has 20 heavy (non-hydrogen) atoms. The van der Waals surface area contributed by atoms with Gasteiger partial charge in [0.2, 0.25) is 0 Å². The van der Waals surface area contributed by atoms with Gasteiger partial charge in [-0.1, -0.05) is 23.7 Å². The largest absolute Gasteiger partial charge is 1.00 e. The van der Waals surface area contributed by atoms with Crippen LogP contribution in [0, 0.1) is 0 Å². The van der Waals surface area contributed by atoms with E-state index in [9.17, 15) is 14.7 Å². The summed E-state index contributed by atoms with van der Waals surface area (Å²) in [7, 11) is 0. The molecule has 0 aliphatic rings. The first kappa shape index (κ1) is 16.7. The molecule has 2 rings (SSSR count). The number of benzene rings is 2. The van der Waals surface area contributed by atoms with Crippen molar-refractivity contribution < 1.29 is 44.3 Å². The molecule has 0 saturated carbocycles. The fourth-order valence-corrected chi connectivity index (χ4v) is 1.62. The van der Waals surface area contributed by atoms with E-state index < -0.39 is 5.97 Å². The molecule has 1 amide bonds. The van der Waals surface area contributed by atoms with E-state index >= 15 is 0 Å². The molecule has 2 aromatic carbocycles. The SMILES string of the molecule is O=C([O-])c1ccc(NC(=O)c2ccc(Cl)cc2)cc1.[Na+]. The first-order valence-electron chi connectivity index (χ1n) is 5.44. The van der Waals surface area contributed by atoms with E-state index in [0.29, 0.717) is 16.3 Å². The topological polar surface area (TPSA) is 69.2 Å². The molecule has 0 heterocycles. The molecule has 2 aromatic rings. The molecule has 0 unspecified atom stereocenters. The maximum absolute atomic E-state index is 11.9. The van der Waals surface area contributed by atoms with Crippen molar-refractivity contribution in [2.45, 2.75) is 0 Å². The van der Waals surface area contributed by atoms with Crippen LogP contribution >= 0.6 is 11.6 Å². The van der Waals surface area contributed by atoms with Crippen molar-refractivity contribution >= 4 is 29.2 Å². The Bertz CT molecular complexity index is 611. The van der Waals surface area contributed by atoms with Crippen LogP contribution in [0.2, 0.25) is 5.02 Å². The Morgan fingerprint density at radius 2 is 1.40 bits per heavy atom. The van der Waals surface area contributed by atoms with E-state index in [2.05, 4.69) is 5.32 Å². The van der Waals surface area contributed by atoms with Gasteiger partial charge in [0.05, 0.1) is 5.97 Å². The molecule has 96 valence electrons. The second-order valence-corrected chi connectivity index (χ2v) is 4.26. The number of hydrogen-bond donors (Lipinski definition) is 1. The third kappa shape index (κ3) is 4.35. The maximum Gasteiger partial charge on any atom is 1.00 e. The summed E-state index contributed by atoms with van der Waals surface area (Å²) in [6.07, 6.45) is 0. The standard InChI is InChI=1S/C14H10ClNO3.Na/c15-11-5-1-9(2-6-11)13(17)16-12-7-3-10(4-8-12)14(18)19;/h1-8H,(H,16,17)(H,18,19);/q;+1/p-1. The second-order valence-electron chi connectivity index (χ2n) is 3.83. The zero-order valence-electron chi connectivity index (χ0n) is 10.7. The molecule has 0 fully saturated rings. The minimum atomic E-state index is -1.25. The first-order chi connectivity index (χ1) is 9.06. The third-order valence-electron chi connectivity index (χ3n) is 2.48. The summed E-state index contributed by atoms with van der Waals surface area (Å²) in [6.45, 7) is 0. The van der Waals surface area contributed by atoms with Crippen LogP contribution in [-0.2, 0) is 0 Å². The minimum absolute atomic E-state index is 0. The van der Waals surface area contributed by atoms with Gasteiger partial charge in [-0.05, 0) is 42.0 Å². The summed E-state index contributed by atoms with van der Waals surface area (Å²) >= 11 is 5.73. The summed E-state index contributed by atoms with van der Waals surface area (Å²) in [4.78, 5) is 22.4. The van der Waals surface area contributed by atoms with Crippen LogP contribution < -0.4 is 40.0 Å². The average molecular weight is 298 g/mol. The quantitative estimate of drug-likeness (QED) is 0.736. The van der Waals surface area contributed by atoms with E-state index in [4.69, 9.17) is 11.6 Å². The van der Waals surface area contributed by atoms with Crippen molar-refractivity contribution in [2.75, 3.05) is 5.32 Å². The van der Waals surface area contributed by atoms with Crippen LogP contribution in [0.15, 0.2) is 48.5 Å². The summed E-state index contributed by atoms with van der Waals surface area (Å²) in [6, 6.07) is 12.2. The molecule has 0 aliphatic carbocycles. The van der Waals surface area contributed by atoms with E-state index in [1.54, 1.807) is 24.3 Å². The molecule has 0 atom stereocenters. The number of carbonyl (C=O) groups is 2. The van der Waals surface area contributed by atoms with Gasteiger partial charge in [-0.2, -0.15) is 0 Å². The van der Waals surface area contributed by atoms with Crippen molar-refractivity contribution in [3.05, 3.63) is 64.7 Å². The number of aromatic carboxylic acids is 1. The van der Waals surface area contributed by atoms with E-state index in [1.165, 1.54) is 24.3 Å². The number of anilines is 1. The molecular weight excluding hydrogens is 289 g/mol. The van der Waals surface area contributed by atoms with E-state index in [-0.39, 0.29) is 41.0 Å². The summed E-state index contributed by atoms with van der Waals surface area (Å²) in [5.41, 5.74) is 1.03. The van der Waals surface area contributed by atoms with Gasteiger partial charge in [0.25, 0.3) is 5.91 Å². The van der Waals surface area contributed by atoms with Crippen LogP contribution in [0.25, 0.3) is 0 Å². The molecule has 0 radical (unpaired) electrons. The van der Waals surface area contributed by atoms with Crippen molar-refractivity contribution in [2.24, 2.45) is 0 Å². The van der Waals surface area contributed by atoms with Crippen LogP contribution in [0.4, 0.5) is 5.69 Å². The van der Waals surface area contributed by atoms with Gasteiger partial charge < -0.3 is 15.2 Å². The molecule has 1 N–H and O–H groups in total. The Balaban J connectivity index is 0.00000200. The molecule has 6 heteroatoms. The molecule has 4 nitrogen and oxygen atoms in total. The van der Waals surface area contributed by atoms with Gasteiger partial charge >= 0.3 is 29.6 Å². The smallest absolute Gasteiger partial charge is 0.545 e. The number of halogens is 1. The number of carbonyl (C=O) groups excluding carboxylic acids is 2. The van der Waals surface area contributed by atoms with Crippen LogP contribution in [-0.4, -0.2) is 11.9 Å². The summed E-state index contributed by atoms with van der Waals surface area (Å²) in [5, 5.41) is 13.8. The predicted octanol–water partition coefficient (Wildman–Crippen LogP) is -1.04. The maximum atomic E-state index is 11.9. The Hall–Kier alpha value is -1.33. The first-order valence-corrected chi connectivity index (χ1v) is 5.82. The average Bonchev–Trinajstić information content (AvgIpc) is 2.40. The number of carboxylic acids is 1. The number of hydrogen-bond acceptors (Lipinski definition) is 3. The Labute approximate surface area is 143 Å². The summed E-state index contributed by atoms with van der Waals surface area (Å²) in [5.74, 6) is -1.55. The molecule has 0 spiro atoms. The van der Waals surface area contributed by atoms with Gasteiger partial charge in [-0.15, -0.1) is 0 Å². The molecule has 0 aromatic heterocycles. The number of amides is 1. The molecule has 0 saturated heterocycles. The van der Waals surface area contributed by atoms with Crippen molar-refractivity contribution in [1.82, 2.24) is 0 Å². The van der Waals surface area contributed by atoms with Crippen molar-refractivity contribution in [3.63, 3.8) is 0 Å². The normalized spacial score (nSPS) is 9.45. The zero-order valence-corrected chi connectivity index (χ0v) is 13.5. The van der Waals surface area contributed by atoms with E-state index in [0.717, 1.165) is 0 Å².